The van der Waals surface area contributed by atoms with Crippen LogP contribution in [0.25, 0.3) is 21.3 Å². The first kappa shape index (κ1) is 22.1. The number of rotatable bonds is 7. The lowest BCUT2D eigenvalue weighted by Crippen LogP contribution is -2.38. The van der Waals surface area contributed by atoms with Gasteiger partial charge in [-0.05, 0) is 11.5 Å². The number of H-pyrrole nitrogens is 1. The maximum Gasteiger partial charge on any atom is 0.260 e. The second-order valence-corrected chi connectivity index (χ2v) is 10.2. The Morgan fingerprint density at radius 1 is 1.18 bits per heavy atom. The van der Waals surface area contributed by atoms with Gasteiger partial charge in [0.05, 0.1) is 24.4 Å². The number of benzene rings is 1. The molecule has 1 aliphatic rings. The highest BCUT2D eigenvalue weighted by atomic mass is 32.2. The summed E-state index contributed by atoms with van der Waals surface area (Å²) in [4.78, 5) is 23.6. The number of thiophene rings is 1. The molecular formula is C23H26N6O2S2. The molecule has 1 aromatic carbocycles. The van der Waals surface area contributed by atoms with E-state index in [-0.39, 0.29) is 5.56 Å². The number of nitrogens with zero attached hydrogens (tertiary/aromatic N) is 5. The number of morpholine rings is 1. The highest BCUT2D eigenvalue weighted by Crippen LogP contribution is 2.31. The Morgan fingerprint density at radius 3 is 2.73 bits per heavy atom. The van der Waals surface area contributed by atoms with E-state index in [0.29, 0.717) is 36.1 Å². The predicted molar refractivity (Wildman–Crippen MR) is 133 cm³/mol. The Hall–Kier alpha value is -2.69. The van der Waals surface area contributed by atoms with Gasteiger partial charge in [0.1, 0.15) is 10.7 Å². The topological polar surface area (TPSA) is 88.9 Å². The molecule has 4 heterocycles. The summed E-state index contributed by atoms with van der Waals surface area (Å²) >= 11 is 3.05. The van der Waals surface area contributed by atoms with Crippen molar-refractivity contribution in [2.24, 2.45) is 5.92 Å². The van der Waals surface area contributed by atoms with Gasteiger partial charge in [-0.15, -0.1) is 21.5 Å². The minimum Gasteiger partial charge on any atom is -0.378 e. The van der Waals surface area contributed by atoms with E-state index < -0.39 is 0 Å². The Morgan fingerprint density at radius 2 is 1.97 bits per heavy atom. The Bertz CT molecular complexity index is 1290. The molecule has 0 spiro atoms. The Labute approximate surface area is 200 Å². The quantitative estimate of drug-likeness (QED) is 0.398. The predicted octanol–water partition coefficient (Wildman–Crippen LogP) is 4.03. The van der Waals surface area contributed by atoms with Crippen LogP contribution in [0.4, 0.5) is 5.95 Å². The molecule has 0 aliphatic carbocycles. The zero-order chi connectivity index (χ0) is 22.8. The van der Waals surface area contributed by atoms with E-state index in [1.165, 1.54) is 11.3 Å². The maximum atomic E-state index is 12.9. The van der Waals surface area contributed by atoms with E-state index in [0.717, 1.165) is 46.7 Å². The zero-order valence-electron chi connectivity index (χ0n) is 18.7. The van der Waals surface area contributed by atoms with Gasteiger partial charge in [-0.1, -0.05) is 55.9 Å². The lowest BCUT2D eigenvalue weighted by molar-refractivity contribution is 0.121. The van der Waals surface area contributed by atoms with E-state index in [1.54, 1.807) is 11.8 Å². The zero-order valence-corrected chi connectivity index (χ0v) is 20.3. The van der Waals surface area contributed by atoms with Crippen molar-refractivity contribution >= 4 is 39.3 Å². The van der Waals surface area contributed by atoms with Crippen LogP contribution < -0.4 is 10.5 Å². The second kappa shape index (κ2) is 9.66. The van der Waals surface area contributed by atoms with Gasteiger partial charge in [-0.2, -0.15) is 0 Å². The second-order valence-electron chi connectivity index (χ2n) is 8.38. The van der Waals surface area contributed by atoms with Gasteiger partial charge in [0.25, 0.3) is 5.56 Å². The highest BCUT2D eigenvalue weighted by Gasteiger charge is 2.21. The third-order valence-electron chi connectivity index (χ3n) is 5.45. The normalized spacial score (nSPS) is 14.5. The van der Waals surface area contributed by atoms with Crippen molar-refractivity contribution in [1.82, 2.24) is 24.7 Å². The number of fused-ring (bicyclic) bond motifs is 1. The average molecular weight is 483 g/mol. The summed E-state index contributed by atoms with van der Waals surface area (Å²) in [7, 11) is 0. The SMILES string of the molecule is CC(C)Cn1c(SCc2nc3scc(-c4ccccc4)c3c(=O)[nH]2)nnc1N1CCOCC1. The molecule has 5 rings (SSSR count). The minimum atomic E-state index is -0.103. The largest absolute Gasteiger partial charge is 0.378 e. The molecule has 1 fully saturated rings. The molecule has 8 nitrogen and oxygen atoms in total. The van der Waals surface area contributed by atoms with Crippen molar-refractivity contribution in [2.45, 2.75) is 31.3 Å². The first-order chi connectivity index (χ1) is 16.1. The van der Waals surface area contributed by atoms with Crippen LogP contribution in [0.5, 0.6) is 0 Å². The summed E-state index contributed by atoms with van der Waals surface area (Å²) in [5.41, 5.74) is 1.85. The van der Waals surface area contributed by atoms with Crippen molar-refractivity contribution in [3.8, 4) is 11.1 Å². The van der Waals surface area contributed by atoms with Crippen LogP contribution in [0.1, 0.15) is 19.7 Å². The molecule has 33 heavy (non-hydrogen) atoms. The molecular weight excluding hydrogens is 456 g/mol. The van der Waals surface area contributed by atoms with Crippen molar-refractivity contribution in [3.63, 3.8) is 0 Å². The fraction of sp³-hybridized carbons (Fsp3) is 0.391. The molecule has 10 heteroatoms. The molecule has 1 saturated heterocycles. The Kier molecular flexibility index (Phi) is 6.48. The van der Waals surface area contributed by atoms with Crippen LogP contribution in [0.2, 0.25) is 0 Å². The van der Waals surface area contributed by atoms with E-state index in [1.807, 2.05) is 35.7 Å². The van der Waals surface area contributed by atoms with Crippen molar-refractivity contribution in [3.05, 3.63) is 51.9 Å². The smallest absolute Gasteiger partial charge is 0.260 e. The first-order valence-corrected chi connectivity index (χ1v) is 12.9. The summed E-state index contributed by atoms with van der Waals surface area (Å²) in [5, 5.41) is 12.4. The molecule has 1 aliphatic heterocycles. The van der Waals surface area contributed by atoms with Crippen LogP contribution in [0.15, 0.2) is 45.7 Å². The van der Waals surface area contributed by atoms with E-state index >= 15 is 0 Å². The summed E-state index contributed by atoms with van der Waals surface area (Å²) in [5.74, 6) is 2.50. The highest BCUT2D eigenvalue weighted by molar-refractivity contribution is 7.98. The number of aromatic amines is 1. The molecule has 0 atom stereocenters. The monoisotopic (exact) mass is 482 g/mol. The van der Waals surface area contributed by atoms with E-state index in [2.05, 4.69) is 38.5 Å². The molecule has 0 radical (unpaired) electrons. The van der Waals surface area contributed by atoms with Crippen molar-refractivity contribution < 1.29 is 4.74 Å². The van der Waals surface area contributed by atoms with Crippen molar-refractivity contribution in [2.75, 3.05) is 31.2 Å². The van der Waals surface area contributed by atoms with Gasteiger partial charge in [-0.25, -0.2) is 4.98 Å². The molecule has 1 N–H and O–H groups in total. The minimum absolute atomic E-state index is 0.103. The first-order valence-electron chi connectivity index (χ1n) is 11.0. The lowest BCUT2D eigenvalue weighted by Gasteiger charge is -2.28. The average Bonchev–Trinajstić information content (AvgIpc) is 3.43. The number of thioether (sulfide) groups is 1. The number of anilines is 1. The van der Waals surface area contributed by atoms with Crippen molar-refractivity contribution in [1.29, 1.82) is 0 Å². The van der Waals surface area contributed by atoms with Crippen LogP contribution in [-0.4, -0.2) is 51.0 Å². The van der Waals surface area contributed by atoms with Gasteiger partial charge in [0.15, 0.2) is 5.16 Å². The molecule has 172 valence electrons. The fourth-order valence-electron chi connectivity index (χ4n) is 3.93. The van der Waals surface area contributed by atoms with Crippen LogP contribution in [0, 0.1) is 5.92 Å². The van der Waals surface area contributed by atoms with Gasteiger partial charge < -0.3 is 14.6 Å². The van der Waals surface area contributed by atoms with Gasteiger partial charge >= 0.3 is 0 Å². The third-order valence-corrected chi connectivity index (χ3v) is 7.30. The molecule has 0 bridgehead atoms. The summed E-state index contributed by atoms with van der Waals surface area (Å²) in [6.07, 6.45) is 0. The number of nitrogens with one attached hydrogen (secondary N) is 1. The van der Waals surface area contributed by atoms with Gasteiger partial charge in [0.2, 0.25) is 5.95 Å². The van der Waals surface area contributed by atoms with Gasteiger partial charge in [-0.3, -0.25) is 9.36 Å². The number of ether oxygens (including phenoxy) is 1. The van der Waals surface area contributed by atoms with E-state index in [9.17, 15) is 4.79 Å². The van der Waals surface area contributed by atoms with Crippen LogP contribution in [0.3, 0.4) is 0 Å². The summed E-state index contributed by atoms with van der Waals surface area (Å²) < 4.78 is 7.66. The number of aromatic nitrogens is 5. The van der Waals surface area contributed by atoms with Gasteiger partial charge in [0, 0.05) is 30.6 Å². The summed E-state index contributed by atoms with van der Waals surface area (Å²) in [6.45, 7) is 8.23. The molecule has 4 aromatic rings. The number of hydrogen-bond donors (Lipinski definition) is 1. The van der Waals surface area contributed by atoms with Crippen LogP contribution >= 0.6 is 23.1 Å². The number of hydrogen-bond acceptors (Lipinski definition) is 8. The van der Waals surface area contributed by atoms with E-state index in [4.69, 9.17) is 9.72 Å². The molecule has 0 saturated carbocycles. The molecule has 0 unspecified atom stereocenters. The third kappa shape index (κ3) is 4.68. The fourth-order valence-corrected chi connectivity index (χ4v) is 5.71. The maximum absolute atomic E-state index is 12.9. The lowest BCUT2D eigenvalue weighted by atomic mass is 10.1. The Balaban J connectivity index is 1.40. The standard InChI is InChI=1S/C23H26N6O2S2/c1-15(2)12-29-22(28-8-10-31-11-9-28)26-27-23(29)33-14-18-24-20(30)19-17(13-32-21(19)25-18)16-6-4-3-5-7-16/h3-7,13,15H,8-12,14H2,1-2H3,(H,24,25,30). The molecule has 3 aromatic heterocycles. The molecule has 0 amide bonds. The summed E-state index contributed by atoms with van der Waals surface area (Å²) in [6, 6.07) is 9.95. The van der Waals surface area contributed by atoms with Crippen LogP contribution in [-0.2, 0) is 17.0 Å².